The zero-order valence-corrected chi connectivity index (χ0v) is 14.1. The highest BCUT2D eigenvalue weighted by Gasteiger charge is 2.44. The van der Waals surface area contributed by atoms with Crippen molar-refractivity contribution in [1.82, 2.24) is 4.98 Å². The average Bonchev–Trinajstić information content (AvgIpc) is 3.20. The van der Waals surface area contributed by atoms with Crippen molar-refractivity contribution in [2.75, 3.05) is 5.32 Å². The number of hydrogen-bond acceptors (Lipinski definition) is 4. The van der Waals surface area contributed by atoms with Crippen LogP contribution in [-0.2, 0) is 6.42 Å². The molecule has 1 aromatic heterocycles. The number of rotatable bonds is 3. The fourth-order valence-corrected chi connectivity index (χ4v) is 3.42. The van der Waals surface area contributed by atoms with Gasteiger partial charge >= 0.3 is 0 Å². The lowest BCUT2D eigenvalue weighted by molar-refractivity contribution is -0.0716. The number of nitrogens with one attached hydrogen (secondary N) is 2. The lowest BCUT2D eigenvalue weighted by Crippen LogP contribution is -2.34. The third kappa shape index (κ3) is 2.99. The second kappa shape index (κ2) is 5.95. The van der Waals surface area contributed by atoms with Gasteiger partial charge in [-0.1, -0.05) is 6.92 Å². The summed E-state index contributed by atoms with van der Waals surface area (Å²) in [5.74, 6) is 0.521. The van der Waals surface area contributed by atoms with Crippen molar-refractivity contribution < 1.29 is 14.3 Å². The largest absolute Gasteiger partial charge is 0.448 e. The highest BCUT2D eigenvalue weighted by atomic mass is 16.7. The number of H-pyrrole nitrogens is 1. The molecule has 0 atom stereocenters. The summed E-state index contributed by atoms with van der Waals surface area (Å²) < 4.78 is 12.0. The molecule has 0 bridgehead atoms. The van der Waals surface area contributed by atoms with Crippen LogP contribution in [0.3, 0.4) is 0 Å². The third-order valence-electron chi connectivity index (χ3n) is 4.70. The van der Waals surface area contributed by atoms with Crippen LogP contribution in [0, 0.1) is 0 Å². The molecule has 25 heavy (non-hydrogen) atoms. The first-order valence-corrected chi connectivity index (χ1v) is 8.64. The third-order valence-corrected chi connectivity index (χ3v) is 4.70. The highest BCUT2D eigenvalue weighted by molar-refractivity contribution is 6.04. The molecule has 6 heteroatoms. The van der Waals surface area contributed by atoms with Crippen LogP contribution in [0.25, 0.3) is 0 Å². The van der Waals surface area contributed by atoms with Gasteiger partial charge in [-0.25, -0.2) is 0 Å². The Bertz CT molecular complexity index is 881. The zero-order chi connectivity index (χ0) is 17.4. The van der Waals surface area contributed by atoms with Crippen molar-refractivity contribution in [2.45, 2.75) is 44.8 Å². The molecule has 1 amide bonds. The lowest BCUT2D eigenvalue weighted by Gasteiger charge is -2.21. The molecule has 1 aromatic carbocycles. The predicted octanol–water partition coefficient (Wildman–Crippen LogP) is 3.23. The Hall–Kier alpha value is -2.76. The summed E-state index contributed by atoms with van der Waals surface area (Å²) >= 11 is 0. The Balaban J connectivity index is 1.54. The maximum atomic E-state index is 12.4. The summed E-state index contributed by atoms with van der Waals surface area (Å²) in [5.41, 5.74) is 1.40. The van der Waals surface area contributed by atoms with Crippen molar-refractivity contribution >= 4 is 11.6 Å². The summed E-state index contributed by atoms with van der Waals surface area (Å²) in [7, 11) is 0. The summed E-state index contributed by atoms with van der Waals surface area (Å²) in [6.45, 7) is 1.92. The number of carbonyl (C=O) groups is 1. The van der Waals surface area contributed by atoms with E-state index in [0.29, 0.717) is 29.2 Å². The maximum absolute atomic E-state index is 12.4. The summed E-state index contributed by atoms with van der Waals surface area (Å²) in [5, 5.41) is 2.82. The van der Waals surface area contributed by atoms with Gasteiger partial charge in [0.15, 0.2) is 11.5 Å². The van der Waals surface area contributed by atoms with Gasteiger partial charge in [0, 0.05) is 41.9 Å². The minimum absolute atomic E-state index is 0.279. The number of ether oxygens (including phenoxy) is 2. The minimum atomic E-state index is -0.520. The van der Waals surface area contributed by atoms with Crippen molar-refractivity contribution in [3.63, 3.8) is 0 Å². The Morgan fingerprint density at radius 3 is 2.68 bits per heavy atom. The molecule has 130 valence electrons. The fraction of sp³-hybridized carbons (Fsp3) is 0.368. The number of aromatic amines is 1. The Morgan fingerprint density at radius 1 is 1.16 bits per heavy atom. The second-order valence-corrected chi connectivity index (χ2v) is 6.55. The van der Waals surface area contributed by atoms with Crippen molar-refractivity contribution in [2.24, 2.45) is 0 Å². The molecule has 6 nitrogen and oxygen atoms in total. The standard InChI is InChI=1S/C19H20N2O4/c1-2-13-9-12(10-17(22)20-13)18(23)21-14-5-6-15-16(11-14)25-19(24-15)7-3-4-8-19/h5-6,9-11H,2-4,7-8H2,1H3,(H,20,22)(H,21,23). The molecule has 2 aromatic rings. The Kier molecular flexibility index (Phi) is 3.75. The summed E-state index contributed by atoms with van der Waals surface area (Å²) in [6.07, 6.45) is 4.62. The fourth-order valence-electron chi connectivity index (χ4n) is 3.42. The zero-order valence-electron chi connectivity index (χ0n) is 14.1. The number of hydrogen-bond donors (Lipinski definition) is 2. The van der Waals surface area contributed by atoms with Crippen molar-refractivity contribution in [3.8, 4) is 11.5 Å². The quantitative estimate of drug-likeness (QED) is 0.899. The monoisotopic (exact) mass is 340 g/mol. The lowest BCUT2D eigenvalue weighted by atomic mass is 10.2. The molecule has 1 fully saturated rings. The molecule has 1 aliphatic heterocycles. The normalized spacial score (nSPS) is 17.0. The number of benzene rings is 1. The maximum Gasteiger partial charge on any atom is 0.255 e. The van der Waals surface area contributed by atoms with Gasteiger partial charge in [-0.05, 0) is 37.5 Å². The Morgan fingerprint density at radius 2 is 1.92 bits per heavy atom. The van der Waals surface area contributed by atoms with Crippen molar-refractivity contribution in [1.29, 1.82) is 0 Å². The number of fused-ring (bicyclic) bond motifs is 1. The van der Waals surface area contributed by atoms with Crippen LogP contribution in [0.4, 0.5) is 5.69 Å². The molecule has 4 rings (SSSR count). The van der Waals surface area contributed by atoms with E-state index in [1.807, 2.05) is 13.0 Å². The van der Waals surface area contributed by atoms with Gasteiger partial charge in [0.2, 0.25) is 5.56 Å². The van der Waals surface area contributed by atoms with E-state index in [-0.39, 0.29) is 11.5 Å². The van der Waals surface area contributed by atoms with Gasteiger partial charge in [0.25, 0.3) is 11.7 Å². The van der Waals surface area contributed by atoms with E-state index in [1.165, 1.54) is 6.07 Å². The van der Waals surface area contributed by atoms with Crippen LogP contribution in [0.15, 0.2) is 35.1 Å². The molecule has 0 unspecified atom stereocenters. The first kappa shape index (κ1) is 15.7. The number of pyridine rings is 1. The number of amides is 1. The van der Waals surface area contributed by atoms with E-state index in [2.05, 4.69) is 10.3 Å². The van der Waals surface area contributed by atoms with Crippen LogP contribution in [-0.4, -0.2) is 16.7 Å². The molecular weight excluding hydrogens is 320 g/mol. The number of aryl methyl sites for hydroxylation is 1. The van der Waals surface area contributed by atoms with E-state index >= 15 is 0 Å². The molecule has 2 aliphatic rings. The van der Waals surface area contributed by atoms with Crippen molar-refractivity contribution in [3.05, 3.63) is 51.9 Å². The van der Waals surface area contributed by atoms with Crippen LogP contribution in [0.1, 0.15) is 48.7 Å². The molecule has 1 saturated carbocycles. The average molecular weight is 340 g/mol. The van der Waals surface area contributed by atoms with Crippen LogP contribution < -0.4 is 20.3 Å². The van der Waals surface area contributed by atoms with E-state index in [0.717, 1.165) is 31.4 Å². The van der Waals surface area contributed by atoms with Crippen LogP contribution >= 0.6 is 0 Å². The van der Waals surface area contributed by atoms with E-state index in [9.17, 15) is 9.59 Å². The van der Waals surface area contributed by atoms with E-state index in [1.54, 1.807) is 18.2 Å². The highest BCUT2D eigenvalue weighted by Crippen LogP contribution is 2.47. The molecule has 0 radical (unpaired) electrons. The molecule has 0 saturated heterocycles. The SMILES string of the molecule is CCc1cc(C(=O)Nc2ccc3c(c2)OC2(CCCC2)O3)cc(=O)[nH]1. The predicted molar refractivity (Wildman–Crippen MR) is 93.3 cm³/mol. The van der Waals surface area contributed by atoms with Gasteiger partial charge in [0.05, 0.1) is 0 Å². The van der Waals surface area contributed by atoms with Gasteiger partial charge in [-0.15, -0.1) is 0 Å². The van der Waals surface area contributed by atoms with Gasteiger partial charge in [-0.3, -0.25) is 9.59 Å². The van der Waals surface area contributed by atoms with Gasteiger partial charge in [-0.2, -0.15) is 0 Å². The summed E-state index contributed by atoms with van der Waals surface area (Å²) in [6, 6.07) is 8.36. The minimum Gasteiger partial charge on any atom is -0.448 e. The Labute approximate surface area is 145 Å². The van der Waals surface area contributed by atoms with Gasteiger partial charge < -0.3 is 19.8 Å². The molecule has 2 N–H and O–H groups in total. The molecule has 1 spiro atoms. The first-order chi connectivity index (χ1) is 12.1. The molecule has 1 aliphatic carbocycles. The van der Waals surface area contributed by atoms with Gasteiger partial charge in [0.1, 0.15) is 0 Å². The summed E-state index contributed by atoms with van der Waals surface area (Å²) in [4.78, 5) is 26.8. The smallest absolute Gasteiger partial charge is 0.255 e. The molecule has 2 heterocycles. The first-order valence-electron chi connectivity index (χ1n) is 8.64. The van der Waals surface area contributed by atoms with E-state index in [4.69, 9.17) is 9.47 Å². The number of anilines is 1. The van der Waals surface area contributed by atoms with Crippen LogP contribution in [0.5, 0.6) is 11.5 Å². The van der Waals surface area contributed by atoms with E-state index < -0.39 is 5.79 Å². The topological polar surface area (TPSA) is 80.4 Å². The number of aromatic nitrogens is 1. The second-order valence-electron chi connectivity index (χ2n) is 6.55. The van der Waals surface area contributed by atoms with Crippen LogP contribution in [0.2, 0.25) is 0 Å². The molecular formula is C19H20N2O4. The number of carbonyl (C=O) groups excluding carboxylic acids is 1.